The zero-order valence-electron chi connectivity index (χ0n) is 12.5. The van der Waals surface area contributed by atoms with E-state index in [-0.39, 0.29) is 5.56 Å². The first-order valence-corrected chi connectivity index (χ1v) is 7.83. The lowest BCUT2D eigenvalue weighted by atomic mass is 10.2. The average Bonchev–Trinajstić information content (AvgIpc) is 2.92. The Morgan fingerprint density at radius 1 is 1.04 bits per heavy atom. The van der Waals surface area contributed by atoms with E-state index < -0.39 is 0 Å². The topological polar surface area (TPSA) is 64.6 Å². The van der Waals surface area contributed by atoms with Crippen LogP contribution in [0.15, 0.2) is 45.9 Å². The molecule has 0 aromatic carbocycles. The highest BCUT2D eigenvalue weighted by Gasteiger charge is 2.11. The molecular formula is C16H12BrN5O. The molecule has 0 aliphatic carbocycles. The number of hydrogen-bond acceptors (Lipinski definition) is 4. The van der Waals surface area contributed by atoms with Gasteiger partial charge in [0.25, 0.3) is 5.56 Å². The number of fused-ring (bicyclic) bond motifs is 2. The number of rotatable bonds is 1. The molecule has 0 bridgehead atoms. The van der Waals surface area contributed by atoms with E-state index in [4.69, 9.17) is 0 Å². The summed E-state index contributed by atoms with van der Waals surface area (Å²) in [7, 11) is 0. The van der Waals surface area contributed by atoms with Gasteiger partial charge in [0.1, 0.15) is 11.3 Å². The summed E-state index contributed by atoms with van der Waals surface area (Å²) in [5.41, 5.74) is 4.34. The molecule has 0 amide bonds. The van der Waals surface area contributed by atoms with Crippen LogP contribution in [0.5, 0.6) is 0 Å². The van der Waals surface area contributed by atoms with Crippen LogP contribution in [-0.4, -0.2) is 24.0 Å². The van der Waals surface area contributed by atoms with E-state index in [2.05, 4.69) is 31.0 Å². The third-order valence-electron chi connectivity index (χ3n) is 3.65. The number of nitrogens with zero attached hydrogens (tertiary/aromatic N) is 5. The monoisotopic (exact) mass is 369 g/mol. The zero-order chi connectivity index (χ0) is 16.1. The molecule has 4 aromatic heterocycles. The van der Waals surface area contributed by atoms with Crippen molar-refractivity contribution in [2.24, 2.45) is 0 Å². The smallest absolute Gasteiger partial charge is 0.258 e. The third-order valence-corrected chi connectivity index (χ3v) is 4.11. The number of aryl methyl sites for hydroxylation is 2. The van der Waals surface area contributed by atoms with Gasteiger partial charge in [-0.15, -0.1) is 0 Å². The van der Waals surface area contributed by atoms with E-state index in [9.17, 15) is 4.79 Å². The maximum Gasteiger partial charge on any atom is 0.258 e. The van der Waals surface area contributed by atoms with Crippen molar-refractivity contribution in [1.29, 1.82) is 0 Å². The van der Waals surface area contributed by atoms with E-state index in [1.165, 1.54) is 10.5 Å². The quantitative estimate of drug-likeness (QED) is 0.517. The summed E-state index contributed by atoms with van der Waals surface area (Å²) >= 11 is 3.36. The molecule has 0 saturated heterocycles. The van der Waals surface area contributed by atoms with E-state index in [0.717, 1.165) is 21.4 Å². The zero-order valence-corrected chi connectivity index (χ0v) is 14.1. The highest BCUT2D eigenvalue weighted by atomic mass is 79.9. The summed E-state index contributed by atoms with van der Waals surface area (Å²) in [6.45, 7) is 3.86. The van der Waals surface area contributed by atoms with Gasteiger partial charge in [-0.25, -0.2) is 9.50 Å². The number of halogens is 1. The second-order valence-electron chi connectivity index (χ2n) is 5.38. The summed E-state index contributed by atoms with van der Waals surface area (Å²) in [6, 6.07) is 7.05. The maximum absolute atomic E-state index is 12.3. The van der Waals surface area contributed by atoms with Gasteiger partial charge in [-0.2, -0.15) is 5.10 Å². The van der Waals surface area contributed by atoms with Crippen LogP contribution in [0, 0.1) is 13.8 Å². The van der Waals surface area contributed by atoms with Crippen molar-refractivity contribution >= 4 is 27.1 Å². The summed E-state index contributed by atoms with van der Waals surface area (Å²) in [5.74, 6) is 0. The van der Waals surface area contributed by atoms with Gasteiger partial charge in [0.05, 0.1) is 28.8 Å². The molecule has 0 aliphatic rings. The van der Waals surface area contributed by atoms with Crippen molar-refractivity contribution in [3.8, 4) is 11.4 Å². The van der Waals surface area contributed by atoms with E-state index in [1.54, 1.807) is 16.8 Å². The second-order valence-corrected chi connectivity index (χ2v) is 6.30. The lowest BCUT2D eigenvalue weighted by molar-refractivity contribution is 0.914. The van der Waals surface area contributed by atoms with Crippen molar-refractivity contribution in [3.63, 3.8) is 0 Å². The molecule has 0 saturated carbocycles. The predicted octanol–water partition coefficient (Wildman–Crippen LogP) is 2.78. The standard InChI is InChI=1S/C16H12BrN5O/c1-9-7-22-14(10(2)18-9)5-13(20-22)12-6-16(23)21-8-11(17)3-4-15(21)19-12/h3-8H,1-2H3. The van der Waals surface area contributed by atoms with E-state index >= 15 is 0 Å². The fourth-order valence-electron chi connectivity index (χ4n) is 2.62. The van der Waals surface area contributed by atoms with Crippen molar-refractivity contribution in [1.82, 2.24) is 24.0 Å². The summed E-state index contributed by atoms with van der Waals surface area (Å²) < 4.78 is 4.10. The molecule has 4 aromatic rings. The van der Waals surface area contributed by atoms with Gasteiger partial charge >= 0.3 is 0 Å². The molecule has 0 atom stereocenters. The molecule has 0 aliphatic heterocycles. The highest BCUT2D eigenvalue weighted by Crippen LogP contribution is 2.19. The minimum absolute atomic E-state index is 0.144. The van der Waals surface area contributed by atoms with Crippen LogP contribution in [0.25, 0.3) is 22.6 Å². The summed E-state index contributed by atoms with van der Waals surface area (Å²) in [6.07, 6.45) is 3.56. The van der Waals surface area contributed by atoms with Crippen molar-refractivity contribution < 1.29 is 0 Å². The lowest BCUT2D eigenvalue weighted by Gasteiger charge is -2.02. The van der Waals surface area contributed by atoms with Crippen LogP contribution < -0.4 is 5.56 Å². The van der Waals surface area contributed by atoms with Crippen LogP contribution in [0.2, 0.25) is 0 Å². The summed E-state index contributed by atoms with van der Waals surface area (Å²) in [4.78, 5) is 21.3. The Balaban J connectivity index is 1.97. The lowest BCUT2D eigenvalue weighted by Crippen LogP contribution is -2.14. The van der Waals surface area contributed by atoms with Gasteiger partial charge in [0.15, 0.2) is 0 Å². The molecule has 4 rings (SSSR count). The average molecular weight is 370 g/mol. The van der Waals surface area contributed by atoms with Gasteiger partial charge in [0.2, 0.25) is 0 Å². The fraction of sp³-hybridized carbons (Fsp3) is 0.125. The normalized spacial score (nSPS) is 11.4. The SMILES string of the molecule is Cc1cn2nc(-c3cc(=O)n4cc(Br)ccc4n3)cc2c(C)n1. The van der Waals surface area contributed by atoms with Crippen LogP contribution in [0.1, 0.15) is 11.4 Å². The van der Waals surface area contributed by atoms with Crippen LogP contribution in [-0.2, 0) is 0 Å². The highest BCUT2D eigenvalue weighted by molar-refractivity contribution is 9.10. The molecular weight excluding hydrogens is 358 g/mol. The Kier molecular flexibility index (Phi) is 3.05. The molecule has 0 N–H and O–H groups in total. The Labute approximate surface area is 139 Å². The minimum Gasteiger partial charge on any atom is -0.269 e. The van der Waals surface area contributed by atoms with Gasteiger partial charge in [-0.05, 0) is 48.0 Å². The molecule has 4 heterocycles. The second kappa shape index (κ2) is 4.99. The Hall–Kier alpha value is -2.54. The first kappa shape index (κ1) is 14.1. The fourth-order valence-corrected chi connectivity index (χ4v) is 2.96. The van der Waals surface area contributed by atoms with Crippen molar-refractivity contribution in [2.45, 2.75) is 13.8 Å². The van der Waals surface area contributed by atoms with Crippen LogP contribution in [0.4, 0.5) is 0 Å². The van der Waals surface area contributed by atoms with E-state index in [1.807, 2.05) is 32.2 Å². The van der Waals surface area contributed by atoms with Gasteiger partial charge < -0.3 is 0 Å². The Bertz CT molecular complexity index is 1130. The summed E-state index contributed by atoms with van der Waals surface area (Å²) in [5, 5.41) is 4.53. The number of pyridine rings is 1. The predicted molar refractivity (Wildman–Crippen MR) is 90.6 cm³/mol. The molecule has 0 fully saturated rings. The van der Waals surface area contributed by atoms with Crippen molar-refractivity contribution in [3.05, 3.63) is 62.9 Å². The minimum atomic E-state index is -0.144. The van der Waals surface area contributed by atoms with Crippen molar-refractivity contribution in [2.75, 3.05) is 0 Å². The largest absolute Gasteiger partial charge is 0.269 e. The van der Waals surface area contributed by atoms with E-state index in [0.29, 0.717) is 17.0 Å². The molecule has 0 spiro atoms. The molecule has 114 valence electrons. The van der Waals surface area contributed by atoms with Gasteiger partial charge in [-0.1, -0.05) is 0 Å². The Morgan fingerprint density at radius 2 is 1.87 bits per heavy atom. The molecule has 6 nitrogen and oxygen atoms in total. The van der Waals surface area contributed by atoms with Gasteiger partial charge in [0, 0.05) is 16.7 Å². The first-order chi connectivity index (χ1) is 11.0. The molecule has 23 heavy (non-hydrogen) atoms. The van der Waals surface area contributed by atoms with Crippen LogP contribution in [0.3, 0.4) is 0 Å². The number of aromatic nitrogens is 5. The maximum atomic E-state index is 12.3. The third kappa shape index (κ3) is 2.33. The first-order valence-electron chi connectivity index (χ1n) is 7.04. The number of hydrogen-bond donors (Lipinski definition) is 0. The van der Waals surface area contributed by atoms with Gasteiger partial charge in [-0.3, -0.25) is 14.2 Å². The molecule has 7 heteroatoms. The molecule has 0 unspecified atom stereocenters. The Morgan fingerprint density at radius 3 is 2.70 bits per heavy atom. The molecule has 0 radical (unpaired) electrons. The van der Waals surface area contributed by atoms with Crippen LogP contribution >= 0.6 is 15.9 Å².